The van der Waals surface area contributed by atoms with Gasteiger partial charge in [-0.3, -0.25) is 14.6 Å². The first-order valence-corrected chi connectivity index (χ1v) is 9.10. The van der Waals surface area contributed by atoms with Crippen LogP contribution in [0.5, 0.6) is 0 Å². The molecule has 1 aliphatic rings. The molecule has 0 bridgehead atoms. The molecule has 146 valence electrons. The van der Waals surface area contributed by atoms with Crippen molar-refractivity contribution < 1.29 is 18.4 Å². The van der Waals surface area contributed by atoms with Crippen LogP contribution in [0.4, 0.5) is 14.5 Å². The lowest BCUT2D eigenvalue weighted by atomic mass is 9.99. The summed E-state index contributed by atoms with van der Waals surface area (Å²) in [4.78, 5) is 31.1. The maximum atomic E-state index is 13.3. The van der Waals surface area contributed by atoms with E-state index >= 15 is 0 Å². The first kappa shape index (κ1) is 18.7. The van der Waals surface area contributed by atoms with Gasteiger partial charge in [-0.15, -0.1) is 0 Å². The van der Waals surface area contributed by atoms with E-state index in [4.69, 9.17) is 0 Å². The lowest BCUT2D eigenvalue weighted by molar-refractivity contribution is 0.0728. The van der Waals surface area contributed by atoms with Crippen LogP contribution in [0.15, 0.2) is 60.8 Å². The number of halogens is 2. The fraction of sp³-hybridized carbons (Fsp3) is 0.136. The summed E-state index contributed by atoms with van der Waals surface area (Å²) >= 11 is 0. The number of aromatic nitrogens is 1. The van der Waals surface area contributed by atoms with Crippen LogP contribution in [0.2, 0.25) is 0 Å². The van der Waals surface area contributed by atoms with E-state index in [9.17, 15) is 18.4 Å². The number of nitrogens with one attached hydrogen (secondary N) is 1. The topological polar surface area (TPSA) is 62.3 Å². The second-order valence-electron chi connectivity index (χ2n) is 6.76. The number of carbonyl (C=O) groups is 2. The first-order valence-electron chi connectivity index (χ1n) is 9.10. The lowest BCUT2D eigenvalue weighted by Gasteiger charge is -2.28. The average molecular weight is 393 g/mol. The predicted octanol–water partition coefficient (Wildman–Crippen LogP) is 3.81. The Labute approximate surface area is 166 Å². The molecule has 1 N–H and O–H groups in total. The van der Waals surface area contributed by atoms with E-state index in [1.54, 1.807) is 4.90 Å². The van der Waals surface area contributed by atoms with Crippen molar-refractivity contribution >= 4 is 17.5 Å². The predicted molar refractivity (Wildman–Crippen MR) is 103 cm³/mol. The van der Waals surface area contributed by atoms with Gasteiger partial charge in [0.25, 0.3) is 11.8 Å². The van der Waals surface area contributed by atoms with Crippen LogP contribution in [0.25, 0.3) is 0 Å². The van der Waals surface area contributed by atoms with Crippen LogP contribution >= 0.6 is 0 Å². The Hall–Kier alpha value is -3.61. The van der Waals surface area contributed by atoms with Gasteiger partial charge in [0.1, 0.15) is 5.69 Å². The molecule has 1 aliphatic heterocycles. The Morgan fingerprint density at radius 1 is 0.966 bits per heavy atom. The molecule has 0 saturated heterocycles. The number of anilines is 1. The zero-order valence-corrected chi connectivity index (χ0v) is 15.4. The normalized spacial score (nSPS) is 13.0. The summed E-state index contributed by atoms with van der Waals surface area (Å²) < 4.78 is 26.4. The minimum absolute atomic E-state index is 0.117. The van der Waals surface area contributed by atoms with Gasteiger partial charge in [0.15, 0.2) is 11.6 Å². The molecule has 0 fully saturated rings. The molecule has 1 aromatic heterocycles. The molecule has 2 amide bonds. The molecular weight excluding hydrogens is 376 g/mol. The monoisotopic (exact) mass is 393 g/mol. The van der Waals surface area contributed by atoms with Gasteiger partial charge < -0.3 is 10.2 Å². The summed E-state index contributed by atoms with van der Waals surface area (Å²) in [6.07, 6.45) is 2.14. The third kappa shape index (κ3) is 3.99. The van der Waals surface area contributed by atoms with Gasteiger partial charge in [-0.1, -0.05) is 24.3 Å². The summed E-state index contributed by atoms with van der Waals surface area (Å²) in [5.41, 5.74) is 2.79. The number of rotatable bonds is 3. The molecule has 0 radical (unpaired) electrons. The van der Waals surface area contributed by atoms with Crippen molar-refractivity contribution in [1.82, 2.24) is 9.88 Å². The number of carbonyl (C=O) groups excluding carboxylic acids is 2. The van der Waals surface area contributed by atoms with E-state index in [0.29, 0.717) is 13.1 Å². The summed E-state index contributed by atoms with van der Waals surface area (Å²) in [5.74, 6) is -2.86. The highest BCUT2D eigenvalue weighted by molar-refractivity contribution is 6.05. The number of nitrogens with zero attached hydrogens (tertiary/aromatic N) is 2. The number of pyridine rings is 1. The lowest BCUT2D eigenvalue weighted by Crippen LogP contribution is -2.36. The maximum absolute atomic E-state index is 13.3. The van der Waals surface area contributed by atoms with Crippen molar-refractivity contribution in [2.75, 3.05) is 11.9 Å². The fourth-order valence-corrected chi connectivity index (χ4v) is 3.30. The average Bonchev–Trinajstić information content (AvgIpc) is 2.75. The largest absolute Gasteiger partial charge is 0.333 e. The van der Waals surface area contributed by atoms with Gasteiger partial charge >= 0.3 is 0 Å². The first-order chi connectivity index (χ1) is 14.0. The van der Waals surface area contributed by atoms with E-state index in [0.717, 1.165) is 24.1 Å². The van der Waals surface area contributed by atoms with Crippen molar-refractivity contribution in [2.24, 2.45) is 0 Å². The van der Waals surface area contributed by atoms with Crippen molar-refractivity contribution in [3.05, 3.63) is 94.8 Å². The molecule has 0 unspecified atom stereocenters. The zero-order chi connectivity index (χ0) is 20.4. The van der Waals surface area contributed by atoms with Crippen molar-refractivity contribution in [3.8, 4) is 0 Å². The van der Waals surface area contributed by atoms with Crippen molar-refractivity contribution in [1.29, 1.82) is 0 Å². The Morgan fingerprint density at radius 3 is 2.55 bits per heavy atom. The SMILES string of the molecule is O=C(Nc1ccc(F)c(F)c1)c1ccnc(C(=O)N2CCc3ccccc3C2)c1. The highest BCUT2D eigenvalue weighted by atomic mass is 19.2. The molecule has 2 aromatic carbocycles. The number of fused-ring (bicyclic) bond motifs is 1. The van der Waals surface area contributed by atoms with E-state index in [1.807, 2.05) is 18.2 Å². The Balaban J connectivity index is 1.50. The molecule has 3 aromatic rings. The van der Waals surface area contributed by atoms with Gasteiger partial charge in [-0.05, 0) is 41.8 Å². The molecule has 0 spiro atoms. The molecule has 4 rings (SSSR count). The highest BCUT2D eigenvalue weighted by Crippen LogP contribution is 2.20. The van der Waals surface area contributed by atoms with Gasteiger partial charge in [0.2, 0.25) is 0 Å². The quantitative estimate of drug-likeness (QED) is 0.736. The van der Waals surface area contributed by atoms with E-state index in [2.05, 4.69) is 16.4 Å². The highest BCUT2D eigenvalue weighted by Gasteiger charge is 2.23. The van der Waals surface area contributed by atoms with Crippen LogP contribution in [-0.4, -0.2) is 28.2 Å². The summed E-state index contributed by atoms with van der Waals surface area (Å²) in [7, 11) is 0. The van der Waals surface area contributed by atoms with Crippen LogP contribution in [-0.2, 0) is 13.0 Å². The molecule has 0 atom stereocenters. The number of hydrogen-bond acceptors (Lipinski definition) is 3. The molecule has 29 heavy (non-hydrogen) atoms. The zero-order valence-electron chi connectivity index (χ0n) is 15.4. The van der Waals surface area contributed by atoms with E-state index < -0.39 is 17.5 Å². The van der Waals surface area contributed by atoms with Crippen molar-refractivity contribution in [2.45, 2.75) is 13.0 Å². The van der Waals surface area contributed by atoms with Crippen LogP contribution in [0.3, 0.4) is 0 Å². The molecule has 5 nitrogen and oxygen atoms in total. The molecule has 7 heteroatoms. The summed E-state index contributed by atoms with van der Waals surface area (Å²) in [6, 6.07) is 13.9. The molecule has 2 heterocycles. The number of benzene rings is 2. The minimum atomic E-state index is -1.06. The van der Waals surface area contributed by atoms with Gasteiger partial charge in [0, 0.05) is 36.6 Å². The van der Waals surface area contributed by atoms with Gasteiger partial charge in [0.05, 0.1) is 0 Å². The Kier molecular flexibility index (Phi) is 5.03. The van der Waals surface area contributed by atoms with Gasteiger partial charge in [-0.25, -0.2) is 8.78 Å². The molecule has 0 aliphatic carbocycles. The number of amides is 2. The van der Waals surface area contributed by atoms with Gasteiger partial charge in [-0.2, -0.15) is 0 Å². The van der Waals surface area contributed by atoms with E-state index in [-0.39, 0.29) is 22.9 Å². The smallest absolute Gasteiger partial charge is 0.272 e. The Morgan fingerprint density at radius 2 is 1.76 bits per heavy atom. The summed E-state index contributed by atoms with van der Waals surface area (Å²) in [6.45, 7) is 1.06. The maximum Gasteiger partial charge on any atom is 0.272 e. The Bertz CT molecular complexity index is 1100. The number of hydrogen-bond donors (Lipinski definition) is 1. The summed E-state index contributed by atoms with van der Waals surface area (Å²) in [5, 5.41) is 2.49. The van der Waals surface area contributed by atoms with Crippen LogP contribution in [0, 0.1) is 11.6 Å². The van der Waals surface area contributed by atoms with Crippen LogP contribution in [0.1, 0.15) is 32.0 Å². The van der Waals surface area contributed by atoms with Crippen LogP contribution < -0.4 is 5.32 Å². The third-order valence-corrected chi connectivity index (χ3v) is 4.84. The van der Waals surface area contributed by atoms with E-state index in [1.165, 1.54) is 30.0 Å². The minimum Gasteiger partial charge on any atom is -0.333 e. The molecular formula is C22H17F2N3O2. The second-order valence-corrected chi connectivity index (χ2v) is 6.76. The van der Waals surface area contributed by atoms with Crippen molar-refractivity contribution in [3.63, 3.8) is 0 Å². The standard InChI is InChI=1S/C22H17F2N3O2/c23-18-6-5-17(12-19(18)24)26-21(28)15-7-9-25-20(11-15)22(29)27-10-8-14-3-1-2-4-16(14)13-27/h1-7,9,11-12H,8,10,13H2,(H,26,28). The fourth-order valence-electron chi connectivity index (χ4n) is 3.30. The third-order valence-electron chi connectivity index (χ3n) is 4.84. The molecule has 0 saturated carbocycles. The second kappa shape index (κ2) is 7.79.